The number of carboxylic acid groups (broad SMARTS) is 1. The lowest BCUT2D eigenvalue weighted by Crippen LogP contribution is -2.32. The molecule has 20 heavy (non-hydrogen) atoms. The lowest BCUT2D eigenvalue weighted by atomic mass is 10.2. The third kappa shape index (κ3) is 3.41. The first-order valence-corrected chi connectivity index (χ1v) is 6.37. The molecule has 8 nitrogen and oxygen atoms in total. The van der Waals surface area contributed by atoms with E-state index in [9.17, 15) is 4.79 Å². The van der Waals surface area contributed by atoms with Gasteiger partial charge in [-0.3, -0.25) is 9.48 Å². The molecule has 8 heteroatoms. The molecule has 1 unspecified atom stereocenters. The fourth-order valence-electron chi connectivity index (χ4n) is 1.74. The summed E-state index contributed by atoms with van der Waals surface area (Å²) in [6.45, 7) is 4.60. The van der Waals surface area contributed by atoms with Crippen LogP contribution in [0.25, 0.3) is 0 Å². The standard InChI is InChI=1S/C12H18N6O2/c1-8(2)18-4-3-9(15-18)6-17-7-10(14-16-17)5-11(13)12(19)20/h3-4,7-8,11H,5-6,13H2,1-2H3,(H,19,20). The van der Waals surface area contributed by atoms with E-state index >= 15 is 0 Å². The van der Waals surface area contributed by atoms with E-state index in [1.807, 2.05) is 16.9 Å². The van der Waals surface area contributed by atoms with Crippen molar-refractivity contribution in [2.75, 3.05) is 0 Å². The van der Waals surface area contributed by atoms with Crippen LogP contribution >= 0.6 is 0 Å². The molecule has 0 aliphatic heterocycles. The highest BCUT2D eigenvalue weighted by atomic mass is 16.4. The maximum atomic E-state index is 10.7. The van der Waals surface area contributed by atoms with Gasteiger partial charge in [-0.25, -0.2) is 4.68 Å². The molecule has 0 amide bonds. The van der Waals surface area contributed by atoms with Crippen molar-refractivity contribution < 1.29 is 9.90 Å². The summed E-state index contributed by atoms with van der Waals surface area (Å²) in [7, 11) is 0. The average Bonchev–Trinajstić information content (AvgIpc) is 2.99. The monoisotopic (exact) mass is 278 g/mol. The highest BCUT2D eigenvalue weighted by Gasteiger charge is 2.14. The summed E-state index contributed by atoms with van der Waals surface area (Å²) in [5, 5.41) is 21.0. The van der Waals surface area contributed by atoms with E-state index < -0.39 is 12.0 Å². The van der Waals surface area contributed by atoms with Crippen LogP contribution in [0.3, 0.4) is 0 Å². The minimum Gasteiger partial charge on any atom is -0.480 e. The number of carbonyl (C=O) groups is 1. The third-order valence-corrected chi connectivity index (χ3v) is 2.85. The minimum atomic E-state index is -1.05. The Balaban J connectivity index is 2.00. The van der Waals surface area contributed by atoms with E-state index in [1.54, 1.807) is 10.9 Å². The van der Waals surface area contributed by atoms with Gasteiger partial charge < -0.3 is 10.8 Å². The van der Waals surface area contributed by atoms with Crippen LogP contribution in [0, 0.1) is 0 Å². The van der Waals surface area contributed by atoms with Crippen LogP contribution in [0.15, 0.2) is 18.5 Å². The molecule has 0 bridgehead atoms. The first-order valence-electron chi connectivity index (χ1n) is 6.37. The molecule has 108 valence electrons. The second-order valence-electron chi connectivity index (χ2n) is 4.94. The third-order valence-electron chi connectivity index (χ3n) is 2.85. The van der Waals surface area contributed by atoms with Crippen LogP contribution in [0.2, 0.25) is 0 Å². The number of aromatic nitrogens is 5. The highest BCUT2D eigenvalue weighted by Crippen LogP contribution is 2.06. The van der Waals surface area contributed by atoms with Gasteiger partial charge in [0.2, 0.25) is 0 Å². The molecule has 0 saturated heterocycles. The summed E-state index contributed by atoms with van der Waals surface area (Å²) in [5.41, 5.74) is 6.89. The Morgan fingerprint density at radius 1 is 1.45 bits per heavy atom. The predicted octanol–water partition coefficient (Wildman–Crippen LogP) is 0.0582. The summed E-state index contributed by atoms with van der Waals surface area (Å²) < 4.78 is 3.49. The number of aliphatic carboxylic acids is 1. The van der Waals surface area contributed by atoms with E-state index in [0.717, 1.165) is 5.69 Å². The van der Waals surface area contributed by atoms with Crippen molar-refractivity contribution in [3.63, 3.8) is 0 Å². The fourth-order valence-corrected chi connectivity index (χ4v) is 1.74. The van der Waals surface area contributed by atoms with Gasteiger partial charge in [0, 0.05) is 24.9 Å². The number of hydrogen-bond acceptors (Lipinski definition) is 5. The molecular formula is C12H18N6O2. The first kappa shape index (κ1) is 14.2. The van der Waals surface area contributed by atoms with Crippen LogP contribution in [0.4, 0.5) is 0 Å². The van der Waals surface area contributed by atoms with Gasteiger partial charge in [-0.1, -0.05) is 5.21 Å². The van der Waals surface area contributed by atoms with Crippen LogP contribution < -0.4 is 5.73 Å². The van der Waals surface area contributed by atoms with E-state index in [1.165, 1.54) is 0 Å². The maximum Gasteiger partial charge on any atom is 0.320 e. The number of hydrogen-bond donors (Lipinski definition) is 2. The number of carboxylic acids is 1. The summed E-state index contributed by atoms with van der Waals surface area (Å²) in [4.78, 5) is 10.7. The Hall–Kier alpha value is -2.22. The Labute approximate surface area is 116 Å². The van der Waals surface area contributed by atoms with Crippen LogP contribution in [0.5, 0.6) is 0 Å². The van der Waals surface area contributed by atoms with Crippen LogP contribution in [0.1, 0.15) is 31.3 Å². The Morgan fingerprint density at radius 3 is 2.80 bits per heavy atom. The normalized spacial score (nSPS) is 12.8. The van der Waals surface area contributed by atoms with Crippen molar-refractivity contribution >= 4 is 5.97 Å². The van der Waals surface area contributed by atoms with Crippen molar-refractivity contribution in [2.24, 2.45) is 5.73 Å². The molecule has 0 aromatic carbocycles. The molecule has 2 rings (SSSR count). The largest absolute Gasteiger partial charge is 0.480 e. The van der Waals surface area contributed by atoms with E-state index in [4.69, 9.17) is 10.8 Å². The Kier molecular flexibility index (Phi) is 4.14. The Morgan fingerprint density at radius 2 is 2.20 bits per heavy atom. The van der Waals surface area contributed by atoms with E-state index in [2.05, 4.69) is 29.3 Å². The SMILES string of the molecule is CC(C)n1ccc(Cn2cc(CC(N)C(=O)O)nn2)n1. The molecule has 0 aliphatic rings. The predicted molar refractivity (Wildman–Crippen MR) is 71.1 cm³/mol. The molecule has 0 saturated carbocycles. The zero-order chi connectivity index (χ0) is 14.7. The fraction of sp³-hybridized carbons (Fsp3) is 0.500. The van der Waals surface area contributed by atoms with Gasteiger partial charge in [-0.2, -0.15) is 5.10 Å². The van der Waals surface area contributed by atoms with Gasteiger partial charge in [-0.15, -0.1) is 5.10 Å². The minimum absolute atomic E-state index is 0.162. The molecule has 0 aliphatic carbocycles. The molecule has 2 aromatic heterocycles. The first-order chi connectivity index (χ1) is 9.45. The molecule has 2 heterocycles. The van der Waals surface area contributed by atoms with Gasteiger partial charge in [0.05, 0.1) is 17.9 Å². The average molecular weight is 278 g/mol. The summed E-state index contributed by atoms with van der Waals surface area (Å²) >= 11 is 0. The Bertz CT molecular complexity index is 588. The summed E-state index contributed by atoms with van der Waals surface area (Å²) in [6.07, 6.45) is 3.77. The van der Waals surface area contributed by atoms with Crippen molar-refractivity contribution in [3.05, 3.63) is 29.8 Å². The zero-order valence-corrected chi connectivity index (χ0v) is 11.5. The van der Waals surface area contributed by atoms with Gasteiger partial charge in [0.25, 0.3) is 0 Å². The highest BCUT2D eigenvalue weighted by molar-refractivity contribution is 5.73. The number of nitrogens with two attached hydrogens (primary N) is 1. The molecule has 2 aromatic rings. The lowest BCUT2D eigenvalue weighted by molar-refractivity contribution is -0.138. The summed E-state index contributed by atoms with van der Waals surface area (Å²) in [5.74, 6) is -1.05. The van der Waals surface area contributed by atoms with Crippen molar-refractivity contribution in [2.45, 2.75) is 38.9 Å². The second kappa shape index (κ2) is 5.83. The molecule has 0 spiro atoms. The molecule has 3 N–H and O–H groups in total. The maximum absolute atomic E-state index is 10.7. The molecule has 1 atom stereocenters. The van der Waals surface area contributed by atoms with Crippen molar-refractivity contribution in [1.29, 1.82) is 0 Å². The number of rotatable bonds is 6. The topological polar surface area (TPSA) is 112 Å². The van der Waals surface area contributed by atoms with E-state index in [0.29, 0.717) is 18.3 Å². The van der Waals surface area contributed by atoms with Gasteiger partial charge >= 0.3 is 5.97 Å². The quantitative estimate of drug-likeness (QED) is 0.772. The van der Waals surface area contributed by atoms with Crippen molar-refractivity contribution in [1.82, 2.24) is 24.8 Å². The van der Waals surface area contributed by atoms with E-state index in [-0.39, 0.29) is 6.42 Å². The molecule has 0 fully saturated rings. The number of nitrogens with zero attached hydrogens (tertiary/aromatic N) is 5. The molecular weight excluding hydrogens is 260 g/mol. The van der Waals surface area contributed by atoms with Crippen molar-refractivity contribution in [3.8, 4) is 0 Å². The second-order valence-corrected chi connectivity index (χ2v) is 4.94. The van der Waals surface area contributed by atoms with Gasteiger partial charge in [0.1, 0.15) is 6.04 Å². The van der Waals surface area contributed by atoms with Gasteiger partial charge in [0.15, 0.2) is 0 Å². The lowest BCUT2D eigenvalue weighted by Gasteiger charge is -2.03. The van der Waals surface area contributed by atoms with Crippen LogP contribution in [-0.4, -0.2) is 41.9 Å². The van der Waals surface area contributed by atoms with Gasteiger partial charge in [-0.05, 0) is 19.9 Å². The summed E-state index contributed by atoms with van der Waals surface area (Å²) in [6, 6.07) is 1.27. The van der Waals surface area contributed by atoms with Crippen LogP contribution in [-0.2, 0) is 17.8 Å². The smallest absolute Gasteiger partial charge is 0.320 e. The molecule has 0 radical (unpaired) electrons. The zero-order valence-electron chi connectivity index (χ0n) is 11.5.